The molecule has 19 heavy (non-hydrogen) atoms. The van der Waals surface area contributed by atoms with Gasteiger partial charge in [0.15, 0.2) is 0 Å². The SMILES string of the molecule is CC(C)(C)C(=O)N(C(=O)C(C)(C)C)c1ccc2cc1-2. The summed E-state index contributed by atoms with van der Waals surface area (Å²) >= 11 is 0. The third-order valence-electron chi connectivity index (χ3n) is 3.15. The van der Waals surface area contributed by atoms with E-state index in [0.29, 0.717) is 0 Å². The van der Waals surface area contributed by atoms with E-state index >= 15 is 0 Å². The van der Waals surface area contributed by atoms with Crippen LogP contribution in [0.1, 0.15) is 41.5 Å². The molecule has 0 fully saturated rings. The minimum Gasteiger partial charge on any atom is -0.273 e. The molecule has 0 aliphatic heterocycles. The van der Waals surface area contributed by atoms with Crippen LogP contribution in [0.5, 0.6) is 0 Å². The summed E-state index contributed by atoms with van der Waals surface area (Å²) in [5.74, 6) is -0.303. The molecule has 0 saturated heterocycles. The summed E-state index contributed by atoms with van der Waals surface area (Å²) < 4.78 is 0. The molecule has 0 unspecified atom stereocenters. The van der Waals surface area contributed by atoms with Crippen molar-refractivity contribution in [3.8, 4) is 11.1 Å². The summed E-state index contributed by atoms with van der Waals surface area (Å²) in [6, 6.07) is 5.80. The Bertz CT molecular complexity index is 533. The number of anilines is 1. The van der Waals surface area contributed by atoms with E-state index in [2.05, 4.69) is 0 Å². The molecule has 2 amide bonds. The van der Waals surface area contributed by atoms with Gasteiger partial charge in [0, 0.05) is 16.4 Å². The highest BCUT2D eigenvalue weighted by Crippen LogP contribution is 2.45. The smallest absolute Gasteiger partial charge is 0.239 e. The second kappa shape index (κ2) is 3.92. The van der Waals surface area contributed by atoms with Gasteiger partial charge in [-0.2, -0.15) is 0 Å². The third kappa shape index (κ3) is 2.42. The third-order valence-corrected chi connectivity index (χ3v) is 3.15. The summed E-state index contributed by atoms with van der Waals surface area (Å²) in [4.78, 5) is 26.6. The molecule has 0 aromatic rings. The van der Waals surface area contributed by atoms with Crippen LogP contribution in [-0.4, -0.2) is 11.8 Å². The molecular formula is C16H21NO2. The maximum Gasteiger partial charge on any atom is 0.239 e. The highest BCUT2D eigenvalue weighted by atomic mass is 16.2. The lowest BCUT2D eigenvalue weighted by Crippen LogP contribution is -2.48. The number of fused-ring (bicyclic) bond motifs is 1. The first-order chi connectivity index (χ1) is 8.53. The van der Waals surface area contributed by atoms with Crippen LogP contribution in [-0.2, 0) is 9.59 Å². The maximum atomic E-state index is 12.6. The highest BCUT2D eigenvalue weighted by Gasteiger charge is 2.40. The predicted octanol–water partition coefficient (Wildman–Crippen LogP) is 3.62. The van der Waals surface area contributed by atoms with Gasteiger partial charge in [0.1, 0.15) is 0 Å². The van der Waals surface area contributed by atoms with Crippen molar-refractivity contribution >= 4 is 17.5 Å². The average molecular weight is 259 g/mol. The molecule has 0 spiro atoms. The predicted molar refractivity (Wildman–Crippen MR) is 76.8 cm³/mol. The Balaban J connectivity index is 2.44. The van der Waals surface area contributed by atoms with Crippen molar-refractivity contribution in [1.82, 2.24) is 0 Å². The van der Waals surface area contributed by atoms with E-state index in [9.17, 15) is 9.59 Å². The minimum absolute atomic E-state index is 0.152. The lowest BCUT2D eigenvalue weighted by Gasteiger charge is -2.32. The van der Waals surface area contributed by atoms with Crippen LogP contribution < -0.4 is 4.90 Å². The summed E-state index contributed by atoms with van der Waals surface area (Å²) in [6.45, 7) is 11.0. The van der Waals surface area contributed by atoms with Gasteiger partial charge in [0.05, 0.1) is 5.69 Å². The molecule has 0 radical (unpaired) electrons. The first-order valence-corrected chi connectivity index (χ1v) is 6.57. The van der Waals surface area contributed by atoms with Crippen LogP contribution in [0, 0.1) is 10.8 Å². The highest BCUT2D eigenvalue weighted by molar-refractivity contribution is 6.21. The maximum absolute atomic E-state index is 12.6. The number of amides is 2. The summed E-state index contributed by atoms with van der Waals surface area (Å²) in [5.41, 5.74) is 1.72. The van der Waals surface area contributed by atoms with Gasteiger partial charge in [0.25, 0.3) is 0 Å². The van der Waals surface area contributed by atoms with E-state index in [4.69, 9.17) is 0 Å². The van der Waals surface area contributed by atoms with Gasteiger partial charge in [-0.1, -0.05) is 47.6 Å². The molecule has 0 atom stereocenters. The van der Waals surface area contributed by atoms with Crippen molar-refractivity contribution in [2.45, 2.75) is 41.5 Å². The number of rotatable bonds is 1. The first kappa shape index (κ1) is 13.8. The van der Waals surface area contributed by atoms with Gasteiger partial charge in [-0.05, 0) is 17.7 Å². The standard InChI is InChI=1S/C16H21NO2/c1-15(2,3)13(18)17(14(19)16(4,5)6)12-8-7-10-9-11(10)12/h7-9H,1-6H3. The molecular weight excluding hydrogens is 238 g/mol. The summed E-state index contributed by atoms with van der Waals surface area (Å²) in [7, 11) is 0. The molecule has 0 N–H and O–H groups in total. The molecule has 0 aromatic heterocycles. The molecule has 3 nitrogen and oxygen atoms in total. The van der Waals surface area contributed by atoms with Crippen LogP contribution in [0.4, 0.5) is 5.69 Å². The number of hydrogen-bond acceptors (Lipinski definition) is 2. The van der Waals surface area contributed by atoms with E-state index < -0.39 is 10.8 Å². The quantitative estimate of drug-likeness (QED) is 0.784. The topological polar surface area (TPSA) is 37.4 Å². The van der Waals surface area contributed by atoms with E-state index in [1.165, 1.54) is 4.90 Å². The molecule has 2 aliphatic rings. The number of benzene rings is 1. The van der Waals surface area contributed by atoms with Crippen LogP contribution in [0.15, 0.2) is 18.2 Å². The fourth-order valence-electron chi connectivity index (χ4n) is 1.91. The molecule has 0 saturated carbocycles. The number of hydrogen-bond donors (Lipinski definition) is 0. The van der Waals surface area contributed by atoms with Gasteiger partial charge < -0.3 is 0 Å². The van der Waals surface area contributed by atoms with Crippen molar-refractivity contribution in [3.63, 3.8) is 0 Å². The number of imide groups is 1. The Labute approximate surface area is 114 Å². The number of carbonyl (C=O) groups excluding carboxylic acids is 2. The van der Waals surface area contributed by atoms with Gasteiger partial charge in [-0.25, -0.2) is 4.90 Å². The zero-order valence-corrected chi connectivity index (χ0v) is 12.5. The van der Waals surface area contributed by atoms with Gasteiger partial charge in [-0.15, -0.1) is 0 Å². The van der Waals surface area contributed by atoms with Crippen LogP contribution in [0.2, 0.25) is 0 Å². The zero-order chi connectivity index (χ0) is 14.6. The Morgan fingerprint density at radius 1 is 0.895 bits per heavy atom. The number of nitrogens with zero attached hydrogens (tertiary/aromatic N) is 1. The molecule has 3 heteroatoms. The monoisotopic (exact) mass is 259 g/mol. The number of carbonyl (C=O) groups is 2. The van der Waals surface area contributed by atoms with Crippen molar-refractivity contribution in [3.05, 3.63) is 18.2 Å². The molecule has 2 aliphatic carbocycles. The lowest BCUT2D eigenvalue weighted by atomic mass is 9.90. The second-order valence-electron chi connectivity index (χ2n) is 7.18. The van der Waals surface area contributed by atoms with Crippen LogP contribution >= 0.6 is 0 Å². The zero-order valence-electron chi connectivity index (χ0n) is 12.5. The normalized spacial score (nSPS) is 13.2. The van der Waals surface area contributed by atoms with E-state index in [0.717, 1.165) is 16.8 Å². The van der Waals surface area contributed by atoms with E-state index in [-0.39, 0.29) is 11.8 Å². The Hall–Kier alpha value is -1.64. The summed E-state index contributed by atoms with van der Waals surface area (Å²) in [5, 5.41) is 0. The van der Waals surface area contributed by atoms with Gasteiger partial charge in [-0.3, -0.25) is 9.59 Å². The molecule has 0 heterocycles. The largest absolute Gasteiger partial charge is 0.273 e. The molecule has 0 bridgehead atoms. The van der Waals surface area contributed by atoms with Gasteiger partial charge >= 0.3 is 0 Å². The average Bonchev–Trinajstić information content (AvgIpc) is 2.91. The van der Waals surface area contributed by atoms with Crippen molar-refractivity contribution in [2.75, 3.05) is 4.90 Å². The van der Waals surface area contributed by atoms with Crippen LogP contribution in [0.25, 0.3) is 11.1 Å². The Morgan fingerprint density at radius 3 is 1.63 bits per heavy atom. The van der Waals surface area contributed by atoms with Gasteiger partial charge in [0.2, 0.25) is 11.8 Å². The fourth-order valence-corrected chi connectivity index (χ4v) is 1.91. The van der Waals surface area contributed by atoms with Crippen molar-refractivity contribution in [1.29, 1.82) is 0 Å². The molecule has 102 valence electrons. The van der Waals surface area contributed by atoms with Crippen molar-refractivity contribution in [2.24, 2.45) is 10.8 Å². The molecule has 0 aromatic carbocycles. The first-order valence-electron chi connectivity index (χ1n) is 6.57. The second-order valence-corrected chi connectivity index (χ2v) is 7.18. The lowest BCUT2D eigenvalue weighted by molar-refractivity contribution is -0.134. The van der Waals surface area contributed by atoms with Crippen molar-refractivity contribution < 1.29 is 9.59 Å². The Morgan fingerprint density at radius 2 is 1.37 bits per heavy atom. The van der Waals surface area contributed by atoms with E-state index in [1.807, 2.05) is 59.7 Å². The summed E-state index contributed by atoms with van der Waals surface area (Å²) in [6.07, 6.45) is 0. The Kier molecular flexibility index (Phi) is 2.85. The minimum atomic E-state index is -0.583. The molecule has 2 rings (SSSR count). The van der Waals surface area contributed by atoms with Crippen LogP contribution in [0.3, 0.4) is 0 Å². The van der Waals surface area contributed by atoms with E-state index in [1.54, 1.807) is 0 Å². The fraction of sp³-hybridized carbons (Fsp3) is 0.500.